The minimum atomic E-state index is -0.212. The van der Waals surface area contributed by atoms with Gasteiger partial charge in [-0.2, -0.15) is 0 Å². The third-order valence-electron chi connectivity index (χ3n) is 3.09. The molecule has 0 fully saturated rings. The lowest BCUT2D eigenvalue weighted by Crippen LogP contribution is -2.32. The van der Waals surface area contributed by atoms with Crippen molar-refractivity contribution in [3.05, 3.63) is 28.8 Å². The summed E-state index contributed by atoms with van der Waals surface area (Å²) in [6.45, 7) is 1.91. The molecule has 4 N–H and O–H groups in total. The van der Waals surface area contributed by atoms with Gasteiger partial charge in [0.25, 0.3) is 5.56 Å². The number of nitrogen functional groups attached to an aromatic ring is 1. The molecule has 0 bridgehead atoms. The van der Waals surface area contributed by atoms with Gasteiger partial charge in [-0.25, -0.2) is 4.98 Å². The van der Waals surface area contributed by atoms with E-state index in [-0.39, 0.29) is 18.2 Å². The van der Waals surface area contributed by atoms with Crippen molar-refractivity contribution in [2.45, 2.75) is 13.0 Å². The first kappa shape index (κ1) is 12.4. The number of nitrogens with one attached hydrogen (secondary N) is 1. The fraction of sp³-hybridized carbons (Fsp3) is 0.333. The number of anilines is 2. The van der Waals surface area contributed by atoms with Gasteiger partial charge in [0, 0.05) is 13.1 Å². The van der Waals surface area contributed by atoms with Crippen LogP contribution in [-0.2, 0) is 0 Å². The normalized spacial score (nSPS) is 12.6. The minimum absolute atomic E-state index is 0.0246. The zero-order valence-electron chi connectivity index (χ0n) is 10.3. The summed E-state index contributed by atoms with van der Waals surface area (Å²) in [5, 5.41) is 9.62. The van der Waals surface area contributed by atoms with Gasteiger partial charge in [-0.3, -0.25) is 4.79 Å². The van der Waals surface area contributed by atoms with Gasteiger partial charge >= 0.3 is 0 Å². The van der Waals surface area contributed by atoms with E-state index in [2.05, 4.69) is 9.97 Å². The van der Waals surface area contributed by atoms with E-state index in [1.807, 2.05) is 18.9 Å². The smallest absolute Gasteiger partial charge is 0.258 e. The third kappa shape index (κ3) is 2.02. The van der Waals surface area contributed by atoms with Crippen LogP contribution in [0.2, 0.25) is 0 Å². The van der Waals surface area contributed by atoms with Crippen molar-refractivity contribution in [2.24, 2.45) is 0 Å². The summed E-state index contributed by atoms with van der Waals surface area (Å²) in [7, 11) is 1.84. The van der Waals surface area contributed by atoms with E-state index in [0.717, 1.165) is 5.69 Å². The molecule has 0 radical (unpaired) electrons. The number of nitrogens with two attached hydrogens (primary N) is 1. The van der Waals surface area contributed by atoms with E-state index in [0.29, 0.717) is 16.6 Å². The molecule has 2 aromatic rings. The number of likely N-dealkylation sites (N-methyl/N-ethyl adjacent to an activating group) is 1. The van der Waals surface area contributed by atoms with Crippen LogP contribution in [0.1, 0.15) is 6.92 Å². The maximum atomic E-state index is 11.6. The molecule has 6 nitrogen and oxygen atoms in total. The highest BCUT2D eigenvalue weighted by Gasteiger charge is 2.13. The fourth-order valence-electron chi connectivity index (χ4n) is 1.79. The summed E-state index contributed by atoms with van der Waals surface area (Å²) in [5.41, 5.74) is 7.56. The van der Waals surface area contributed by atoms with E-state index >= 15 is 0 Å². The lowest BCUT2D eigenvalue weighted by molar-refractivity contribution is 0.270. The number of hydrogen-bond acceptors (Lipinski definition) is 5. The van der Waals surface area contributed by atoms with E-state index in [9.17, 15) is 4.79 Å². The molecule has 2 rings (SSSR count). The summed E-state index contributed by atoms with van der Waals surface area (Å²) in [6, 6.07) is 3.30. The maximum Gasteiger partial charge on any atom is 0.258 e. The summed E-state index contributed by atoms with van der Waals surface area (Å²) < 4.78 is 0. The lowest BCUT2D eigenvalue weighted by atomic mass is 10.1. The van der Waals surface area contributed by atoms with Crippen molar-refractivity contribution in [1.82, 2.24) is 9.97 Å². The quantitative estimate of drug-likeness (QED) is 0.680. The third-order valence-corrected chi connectivity index (χ3v) is 3.09. The Morgan fingerprint density at radius 2 is 2.28 bits per heavy atom. The molecule has 6 heteroatoms. The zero-order chi connectivity index (χ0) is 13.3. The van der Waals surface area contributed by atoms with Crippen LogP contribution in [0.5, 0.6) is 0 Å². The number of aliphatic hydroxyl groups excluding tert-OH is 1. The average Bonchev–Trinajstić information content (AvgIpc) is 2.37. The summed E-state index contributed by atoms with van der Waals surface area (Å²) in [5.74, 6) is 0. The molecule has 0 amide bonds. The number of H-pyrrole nitrogens is 1. The van der Waals surface area contributed by atoms with Gasteiger partial charge < -0.3 is 20.7 Å². The van der Waals surface area contributed by atoms with Gasteiger partial charge in [0.15, 0.2) is 0 Å². The summed E-state index contributed by atoms with van der Waals surface area (Å²) in [4.78, 5) is 20.1. The Morgan fingerprint density at radius 1 is 1.56 bits per heavy atom. The molecule has 0 spiro atoms. The maximum absolute atomic E-state index is 11.6. The SMILES string of the molecule is CC(CO)N(C)c1cc2nc[nH]c(=O)c2cc1N. The van der Waals surface area contributed by atoms with Gasteiger partial charge in [0.05, 0.1) is 35.2 Å². The van der Waals surface area contributed by atoms with Crippen LogP contribution in [0, 0.1) is 0 Å². The number of nitrogens with zero attached hydrogens (tertiary/aromatic N) is 2. The van der Waals surface area contributed by atoms with Crippen LogP contribution in [0.3, 0.4) is 0 Å². The largest absolute Gasteiger partial charge is 0.397 e. The van der Waals surface area contributed by atoms with Gasteiger partial charge in [0.2, 0.25) is 0 Å². The Labute approximate surface area is 104 Å². The Bertz CT molecular complexity index is 623. The van der Waals surface area contributed by atoms with Gasteiger partial charge in [-0.15, -0.1) is 0 Å². The second-order valence-electron chi connectivity index (χ2n) is 4.30. The Morgan fingerprint density at radius 3 is 2.94 bits per heavy atom. The summed E-state index contributed by atoms with van der Waals surface area (Å²) in [6.07, 6.45) is 1.36. The molecule has 0 aliphatic rings. The van der Waals surface area contributed by atoms with E-state index in [1.165, 1.54) is 6.33 Å². The second kappa shape index (κ2) is 4.66. The van der Waals surface area contributed by atoms with E-state index in [4.69, 9.17) is 10.8 Å². The van der Waals surface area contributed by atoms with Gasteiger partial charge in [0.1, 0.15) is 0 Å². The Hall–Kier alpha value is -2.08. The number of aromatic nitrogens is 2. The first-order valence-electron chi connectivity index (χ1n) is 5.65. The Kier molecular flexibility index (Phi) is 3.20. The second-order valence-corrected chi connectivity index (χ2v) is 4.30. The van der Waals surface area contributed by atoms with Crippen molar-refractivity contribution in [1.29, 1.82) is 0 Å². The van der Waals surface area contributed by atoms with Crippen LogP contribution in [0.25, 0.3) is 10.9 Å². The van der Waals surface area contributed by atoms with Crippen molar-refractivity contribution < 1.29 is 5.11 Å². The van der Waals surface area contributed by atoms with Crippen molar-refractivity contribution in [3.8, 4) is 0 Å². The zero-order valence-corrected chi connectivity index (χ0v) is 10.3. The van der Waals surface area contributed by atoms with Crippen molar-refractivity contribution in [2.75, 3.05) is 24.3 Å². The van der Waals surface area contributed by atoms with Gasteiger partial charge in [-0.05, 0) is 19.1 Å². The average molecular weight is 248 g/mol. The minimum Gasteiger partial charge on any atom is -0.397 e. The lowest BCUT2D eigenvalue weighted by Gasteiger charge is -2.26. The standard InChI is InChI=1S/C12H16N4O2/c1-7(5-17)16(2)11-4-10-8(3-9(11)13)12(18)15-6-14-10/h3-4,6-7,17H,5,13H2,1-2H3,(H,14,15,18). The molecule has 96 valence electrons. The first-order valence-corrected chi connectivity index (χ1v) is 5.65. The number of fused-ring (bicyclic) bond motifs is 1. The number of rotatable bonds is 3. The first-order chi connectivity index (χ1) is 8.54. The molecule has 1 aromatic heterocycles. The molecule has 1 unspecified atom stereocenters. The highest BCUT2D eigenvalue weighted by molar-refractivity contribution is 5.88. The van der Waals surface area contributed by atoms with Crippen LogP contribution in [-0.4, -0.2) is 34.8 Å². The van der Waals surface area contributed by atoms with Crippen LogP contribution in [0.15, 0.2) is 23.3 Å². The van der Waals surface area contributed by atoms with E-state index < -0.39 is 0 Å². The molecule has 1 heterocycles. The monoisotopic (exact) mass is 248 g/mol. The molecule has 0 aliphatic carbocycles. The summed E-state index contributed by atoms with van der Waals surface area (Å²) >= 11 is 0. The predicted octanol–water partition coefficient (Wildman–Crippen LogP) is 0.322. The molecule has 0 aliphatic heterocycles. The number of benzene rings is 1. The van der Waals surface area contributed by atoms with Crippen molar-refractivity contribution >= 4 is 22.3 Å². The van der Waals surface area contributed by atoms with Gasteiger partial charge in [-0.1, -0.05) is 0 Å². The molecule has 0 saturated carbocycles. The number of aromatic amines is 1. The van der Waals surface area contributed by atoms with Crippen LogP contribution < -0.4 is 16.2 Å². The highest BCUT2D eigenvalue weighted by atomic mass is 16.3. The molecule has 1 aromatic carbocycles. The van der Waals surface area contributed by atoms with Crippen LogP contribution in [0.4, 0.5) is 11.4 Å². The molecular weight excluding hydrogens is 232 g/mol. The predicted molar refractivity (Wildman–Crippen MR) is 71.7 cm³/mol. The highest BCUT2D eigenvalue weighted by Crippen LogP contribution is 2.27. The molecule has 18 heavy (non-hydrogen) atoms. The molecular formula is C12H16N4O2. The molecule has 0 saturated heterocycles. The fourth-order valence-corrected chi connectivity index (χ4v) is 1.79. The van der Waals surface area contributed by atoms with E-state index in [1.54, 1.807) is 12.1 Å². The molecule has 1 atom stereocenters. The number of aliphatic hydroxyl groups is 1. The van der Waals surface area contributed by atoms with Crippen molar-refractivity contribution in [3.63, 3.8) is 0 Å². The topological polar surface area (TPSA) is 95.2 Å². The Balaban J connectivity index is 2.60. The van der Waals surface area contributed by atoms with Crippen LogP contribution >= 0.6 is 0 Å². The number of hydrogen-bond donors (Lipinski definition) is 3.